The molecule has 194 valence electrons. The van der Waals surface area contributed by atoms with Crippen LogP contribution in [0.2, 0.25) is 0 Å². The maximum atomic E-state index is 13.3. The van der Waals surface area contributed by atoms with Gasteiger partial charge in [0, 0.05) is 30.3 Å². The van der Waals surface area contributed by atoms with Gasteiger partial charge < -0.3 is 20.7 Å². The number of alkyl halides is 3. The number of aromatic nitrogens is 2. The summed E-state index contributed by atoms with van der Waals surface area (Å²) in [4.78, 5) is 30.9. The van der Waals surface area contributed by atoms with Crippen LogP contribution in [0.15, 0.2) is 54.9 Å². The number of fused-ring (bicyclic) bond motifs is 1. The van der Waals surface area contributed by atoms with E-state index in [1.807, 2.05) is 19.0 Å². The summed E-state index contributed by atoms with van der Waals surface area (Å²) < 4.78 is 47.3. The highest BCUT2D eigenvalue weighted by molar-refractivity contribution is 7.16. The van der Waals surface area contributed by atoms with Gasteiger partial charge in [0.25, 0.3) is 11.8 Å². The Labute approximate surface area is 214 Å². The van der Waals surface area contributed by atoms with Crippen molar-refractivity contribution in [2.24, 2.45) is 5.73 Å². The zero-order valence-electron chi connectivity index (χ0n) is 20.0. The summed E-state index contributed by atoms with van der Waals surface area (Å²) in [5, 5.41) is 3.37. The number of rotatable bonds is 9. The summed E-state index contributed by atoms with van der Waals surface area (Å²) in [5.41, 5.74) is 6.30. The number of halogens is 3. The number of benzene rings is 2. The third-order valence-corrected chi connectivity index (χ3v) is 6.64. The molecule has 2 aromatic carbocycles. The lowest BCUT2D eigenvalue weighted by molar-refractivity contribution is -0.138. The van der Waals surface area contributed by atoms with Gasteiger partial charge in [-0.3, -0.25) is 14.2 Å². The monoisotopic (exact) mass is 531 g/mol. The highest BCUT2D eigenvalue weighted by Gasteiger charge is 2.33. The molecule has 0 bridgehead atoms. The number of primary amides is 1. The Hall–Kier alpha value is -3.90. The summed E-state index contributed by atoms with van der Waals surface area (Å²) >= 11 is 1.03. The third-order valence-electron chi connectivity index (χ3n) is 5.51. The maximum absolute atomic E-state index is 13.3. The first-order valence-electron chi connectivity index (χ1n) is 11.2. The molecule has 0 unspecified atom stereocenters. The minimum atomic E-state index is -4.54. The second kappa shape index (κ2) is 10.6. The van der Waals surface area contributed by atoms with Crippen molar-refractivity contribution in [2.45, 2.75) is 12.8 Å². The van der Waals surface area contributed by atoms with Gasteiger partial charge in [0.15, 0.2) is 0 Å². The summed E-state index contributed by atoms with van der Waals surface area (Å²) in [6.45, 7) is 0.804. The molecule has 0 saturated carbocycles. The van der Waals surface area contributed by atoms with Crippen molar-refractivity contribution in [3.8, 4) is 10.8 Å². The Bertz CT molecular complexity index is 1450. The molecule has 0 radical (unpaired) electrons. The van der Waals surface area contributed by atoms with Crippen LogP contribution in [-0.4, -0.2) is 53.5 Å². The van der Waals surface area contributed by atoms with Crippen LogP contribution < -0.4 is 15.8 Å². The number of hydrogen-bond acceptors (Lipinski definition) is 6. The molecule has 3 N–H and O–H groups in total. The first-order valence-corrected chi connectivity index (χ1v) is 12.0. The quantitative estimate of drug-likeness (QED) is 0.339. The lowest BCUT2D eigenvalue weighted by Gasteiger charge is -2.13. The summed E-state index contributed by atoms with van der Waals surface area (Å²) in [7, 11) is 3.83. The fourth-order valence-corrected chi connectivity index (χ4v) is 4.60. The third kappa shape index (κ3) is 5.92. The van der Waals surface area contributed by atoms with Crippen LogP contribution in [-0.2, 0) is 12.8 Å². The van der Waals surface area contributed by atoms with Crippen LogP contribution in [0.1, 0.15) is 31.2 Å². The lowest BCUT2D eigenvalue weighted by Crippen LogP contribution is -2.31. The van der Waals surface area contributed by atoms with E-state index >= 15 is 0 Å². The van der Waals surface area contributed by atoms with Crippen molar-refractivity contribution in [1.82, 2.24) is 19.8 Å². The summed E-state index contributed by atoms with van der Waals surface area (Å²) in [5.74, 6) is -0.917. The number of thiophene rings is 1. The van der Waals surface area contributed by atoms with Crippen LogP contribution in [0.5, 0.6) is 5.75 Å². The number of nitrogens with two attached hydrogens (primary N) is 1. The van der Waals surface area contributed by atoms with Gasteiger partial charge in [0.1, 0.15) is 28.6 Å². The Kier molecular flexibility index (Phi) is 7.50. The molecular formula is C25H24F3N5O3S. The molecule has 2 amide bonds. The Morgan fingerprint density at radius 1 is 1.16 bits per heavy atom. The molecule has 37 heavy (non-hydrogen) atoms. The lowest BCUT2D eigenvalue weighted by atomic mass is 10.1. The SMILES string of the molecule is CN(C)CCNC(=O)c1ccc2c(c1)ncn2-c1cc(OCc2ccccc2C(F)(F)F)c(C(N)=O)s1. The first-order chi connectivity index (χ1) is 17.5. The standard InChI is InChI=1S/C25H24F3N5O3S/c1-32(2)10-9-30-24(35)15-7-8-19-18(11-15)31-14-33(19)21-12-20(22(37-21)23(29)34)36-13-16-5-3-4-6-17(16)25(26,27)28/h3-8,11-12,14H,9-10,13H2,1-2H3,(H2,29,34)(H,30,35). The van der Waals surface area contributed by atoms with Gasteiger partial charge in [-0.2, -0.15) is 13.2 Å². The molecule has 0 aliphatic heterocycles. The van der Waals surface area contributed by atoms with Crippen LogP contribution in [0.3, 0.4) is 0 Å². The fraction of sp³-hybridized carbons (Fsp3) is 0.240. The van der Waals surface area contributed by atoms with E-state index in [1.165, 1.54) is 30.6 Å². The van der Waals surface area contributed by atoms with E-state index in [9.17, 15) is 22.8 Å². The molecule has 0 aliphatic carbocycles. The number of carbonyl (C=O) groups is 2. The zero-order chi connectivity index (χ0) is 26.7. The number of nitrogens with one attached hydrogen (secondary N) is 1. The number of ether oxygens (including phenoxy) is 1. The Balaban J connectivity index is 1.58. The second-order valence-corrected chi connectivity index (χ2v) is 9.49. The molecule has 2 aromatic heterocycles. The molecule has 0 saturated heterocycles. The van der Waals surface area contributed by atoms with Crippen molar-refractivity contribution < 1.29 is 27.5 Å². The van der Waals surface area contributed by atoms with Crippen molar-refractivity contribution >= 4 is 34.2 Å². The van der Waals surface area contributed by atoms with Crippen molar-refractivity contribution in [3.63, 3.8) is 0 Å². The first kappa shape index (κ1) is 26.2. The molecule has 0 spiro atoms. The molecule has 2 heterocycles. The molecule has 4 rings (SSSR count). The van der Waals surface area contributed by atoms with Crippen LogP contribution >= 0.6 is 11.3 Å². The topological polar surface area (TPSA) is 102 Å². The average molecular weight is 532 g/mol. The van der Waals surface area contributed by atoms with Gasteiger partial charge in [0.05, 0.1) is 16.6 Å². The van der Waals surface area contributed by atoms with Crippen molar-refractivity contribution in [3.05, 3.63) is 76.4 Å². The zero-order valence-corrected chi connectivity index (χ0v) is 20.8. The number of likely N-dealkylation sites (N-methyl/N-ethyl adjacent to an activating group) is 1. The van der Waals surface area contributed by atoms with Crippen LogP contribution in [0, 0.1) is 0 Å². The number of hydrogen-bond donors (Lipinski definition) is 2. The van der Waals surface area contributed by atoms with E-state index < -0.39 is 24.3 Å². The van der Waals surface area contributed by atoms with E-state index in [-0.39, 0.29) is 22.1 Å². The predicted molar refractivity (Wildman–Crippen MR) is 134 cm³/mol. The van der Waals surface area contributed by atoms with Crippen molar-refractivity contribution in [1.29, 1.82) is 0 Å². The predicted octanol–water partition coefficient (Wildman–Crippen LogP) is 4.08. The number of carbonyl (C=O) groups excluding carboxylic acids is 2. The molecule has 4 aromatic rings. The summed E-state index contributed by atoms with van der Waals surface area (Å²) in [6.07, 6.45) is -3.01. The Morgan fingerprint density at radius 2 is 1.92 bits per heavy atom. The smallest absolute Gasteiger partial charge is 0.416 e. The number of imidazole rings is 1. The van der Waals surface area contributed by atoms with Gasteiger partial charge in [-0.15, -0.1) is 11.3 Å². The molecule has 0 aliphatic rings. The van der Waals surface area contributed by atoms with Gasteiger partial charge in [-0.1, -0.05) is 18.2 Å². The fourth-order valence-electron chi connectivity index (χ4n) is 3.66. The molecule has 12 heteroatoms. The van der Waals surface area contributed by atoms with Gasteiger partial charge in [-0.05, 0) is 38.4 Å². The largest absolute Gasteiger partial charge is 0.487 e. The highest BCUT2D eigenvalue weighted by atomic mass is 32.1. The molecule has 0 fully saturated rings. The molecule has 0 atom stereocenters. The van der Waals surface area contributed by atoms with Crippen LogP contribution in [0.25, 0.3) is 16.0 Å². The molecule has 8 nitrogen and oxygen atoms in total. The minimum absolute atomic E-state index is 0.0670. The van der Waals surface area contributed by atoms with Gasteiger partial charge in [0.2, 0.25) is 0 Å². The van der Waals surface area contributed by atoms with Gasteiger partial charge in [-0.25, -0.2) is 4.98 Å². The van der Waals surface area contributed by atoms with E-state index in [4.69, 9.17) is 10.5 Å². The highest BCUT2D eigenvalue weighted by Crippen LogP contribution is 2.36. The molecular weight excluding hydrogens is 507 g/mol. The van der Waals surface area contributed by atoms with E-state index in [0.29, 0.717) is 34.7 Å². The Morgan fingerprint density at radius 3 is 2.62 bits per heavy atom. The van der Waals surface area contributed by atoms with E-state index in [0.717, 1.165) is 17.4 Å². The second-order valence-electron chi connectivity index (χ2n) is 8.46. The number of amides is 2. The number of nitrogens with zero attached hydrogens (tertiary/aromatic N) is 3. The van der Waals surface area contributed by atoms with E-state index in [2.05, 4.69) is 10.3 Å². The van der Waals surface area contributed by atoms with Crippen molar-refractivity contribution in [2.75, 3.05) is 27.2 Å². The van der Waals surface area contributed by atoms with Gasteiger partial charge >= 0.3 is 6.18 Å². The minimum Gasteiger partial charge on any atom is -0.487 e. The normalized spacial score (nSPS) is 11.7. The summed E-state index contributed by atoms with van der Waals surface area (Å²) in [6, 6.07) is 11.7. The average Bonchev–Trinajstić information content (AvgIpc) is 3.45. The van der Waals surface area contributed by atoms with Crippen LogP contribution in [0.4, 0.5) is 13.2 Å². The van der Waals surface area contributed by atoms with E-state index in [1.54, 1.807) is 22.8 Å². The maximum Gasteiger partial charge on any atom is 0.416 e.